The third-order valence-corrected chi connectivity index (χ3v) is 4.76. The quantitative estimate of drug-likeness (QED) is 0.687. The lowest BCUT2D eigenvalue weighted by Crippen LogP contribution is -2.24. The summed E-state index contributed by atoms with van der Waals surface area (Å²) in [6.07, 6.45) is 6.03. The zero-order valence-electron chi connectivity index (χ0n) is 12.9. The summed E-state index contributed by atoms with van der Waals surface area (Å²) in [5.41, 5.74) is 1.50. The molecule has 0 aliphatic rings. The minimum Gasteiger partial charge on any atom is -0.284 e. The molecule has 5 heteroatoms. The SMILES string of the molecule is C#CCn1c(CC)nc2sc(C)c(-c3ccc(F)cc3)c2c1=O. The van der Waals surface area contributed by atoms with Crippen LogP contribution in [0.2, 0.25) is 0 Å². The second-order valence-corrected chi connectivity index (χ2v) is 6.40. The number of nitrogens with zero attached hydrogens (tertiary/aromatic N) is 2. The highest BCUT2D eigenvalue weighted by molar-refractivity contribution is 7.19. The van der Waals surface area contributed by atoms with Gasteiger partial charge in [0, 0.05) is 16.9 Å². The van der Waals surface area contributed by atoms with E-state index in [0.29, 0.717) is 22.5 Å². The lowest BCUT2D eigenvalue weighted by Gasteiger charge is -2.09. The monoisotopic (exact) mass is 326 g/mol. The number of rotatable bonds is 3. The summed E-state index contributed by atoms with van der Waals surface area (Å²) in [4.78, 5) is 19.2. The van der Waals surface area contributed by atoms with Gasteiger partial charge in [0.2, 0.25) is 0 Å². The van der Waals surface area contributed by atoms with Crippen LogP contribution in [0.5, 0.6) is 0 Å². The first-order valence-corrected chi connectivity index (χ1v) is 8.10. The Bertz CT molecular complexity index is 977. The molecule has 0 aliphatic heterocycles. The molecule has 0 bridgehead atoms. The fourth-order valence-corrected chi connectivity index (χ4v) is 3.78. The smallest absolute Gasteiger partial charge is 0.263 e. The first-order valence-electron chi connectivity index (χ1n) is 7.29. The first kappa shape index (κ1) is 15.4. The molecule has 2 aromatic heterocycles. The molecule has 0 aliphatic carbocycles. The molecular weight excluding hydrogens is 311 g/mol. The third-order valence-electron chi connectivity index (χ3n) is 3.77. The average Bonchev–Trinajstić information content (AvgIpc) is 2.87. The Labute approximate surface area is 137 Å². The Balaban J connectivity index is 2.38. The summed E-state index contributed by atoms with van der Waals surface area (Å²) in [5.74, 6) is 2.90. The number of fused-ring (bicyclic) bond motifs is 1. The van der Waals surface area contributed by atoms with Crippen LogP contribution in [-0.4, -0.2) is 9.55 Å². The van der Waals surface area contributed by atoms with Gasteiger partial charge < -0.3 is 0 Å². The number of aromatic nitrogens is 2. The molecule has 2 heterocycles. The molecule has 0 spiro atoms. The number of aryl methyl sites for hydroxylation is 2. The normalized spacial score (nSPS) is 10.9. The zero-order chi connectivity index (χ0) is 16.6. The van der Waals surface area contributed by atoms with Crippen molar-refractivity contribution in [2.45, 2.75) is 26.8 Å². The van der Waals surface area contributed by atoms with Crippen molar-refractivity contribution in [1.82, 2.24) is 9.55 Å². The van der Waals surface area contributed by atoms with Crippen LogP contribution in [0.4, 0.5) is 4.39 Å². The molecule has 0 unspecified atom stereocenters. The van der Waals surface area contributed by atoms with Gasteiger partial charge in [0.25, 0.3) is 5.56 Å². The van der Waals surface area contributed by atoms with Gasteiger partial charge in [-0.05, 0) is 24.6 Å². The van der Waals surface area contributed by atoms with Crippen molar-refractivity contribution in [3.05, 3.63) is 51.1 Å². The van der Waals surface area contributed by atoms with Crippen molar-refractivity contribution in [3.63, 3.8) is 0 Å². The number of benzene rings is 1. The Kier molecular flexibility index (Phi) is 4.01. The number of terminal acetylenes is 1. The van der Waals surface area contributed by atoms with Crippen molar-refractivity contribution in [2.75, 3.05) is 0 Å². The number of hydrogen-bond donors (Lipinski definition) is 0. The predicted molar refractivity (Wildman–Crippen MR) is 92.2 cm³/mol. The molecule has 0 saturated heterocycles. The third kappa shape index (κ3) is 2.55. The van der Waals surface area contributed by atoms with Crippen LogP contribution in [-0.2, 0) is 13.0 Å². The summed E-state index contributed by atoms with van der Waals surface area (Å²) in [5, 5.41) is 0.562. The van der Waals surface area contributed by atoms with Crippen molar-refractivity contribution >= 4 is 21.6 Å². The van der Waals surface area contributed by atoms with Gasteiger partial charge in [-0.15, -0.1) is 17.8 Å². The second kappa shape index (κ2) is 5.98. The van der Waals surface area contributed by atoms with Crippen LogP contribution in [0.1, 0.15) is 17.6 Å². The molecule has 0 N–H and O–H groups in total. The minimum absolute atomic E-state index is 0.131. The summed E-state index contributed by atoms with van der Waals surface area (Å²) >= 11 is 1.48. The van der Waals surface area contributed by atoms with E-state index in [1.165, 1.54) is 23.5 Å². The second-order valence-electron chi connectivity index (χ2n) is 5.20. The molecule has 0 amide bonds. The van der Waals surface area contributed by atoms with Gasteiger partial charge in [-0.25, -0.2) is 9.37 Å². The maximum atomic E-state index is 13.2. The topological polar surface area (TPSA) is 34.9 Å². The molecule has 116 valence electrons. The van der Waals surface area contributed by atoms with Gasteiger partial charge in [0.15, 0.2) is 0 Å². The van der Waals surface area contributed by atoms with Gasteiger partial charge in [0.05, 0.1) is 11.9 Å². The first-order chi connectivity index (χ1) is 11.1. The molecule has 1 aromatic carbocycles. The van der Waals surface area contributed by atoms with Gasteiger partial charge >= 0.3 is 0 Å². The van der Waals surface area contributed by atoms with Crippen LogP contribution in [0.15, 0.2) is 29.1 Å². The van der Waals surface area contributed by atoms with E-state index < -0.39 is 0 Å². The molecule has 3 aromatic rings. The van der Waals surface area contributed by atoms with Crippen LogP contribution in [0.25, 0.3) is 21.3 Å². The molecule has 0 saturated carbocycles. The van der Waals surface area contributed by atoms with E-state index in [1.54, 1.807) is 16.7 Å². The standard InChI is InChI=1S/C18H15FN2OS/c1-4-10-21-14(5-2)20-17-16(18(21)22)15(11(3)23-17)12-6-8-13(19)9-7-12/h1,6-9H,5,10H2,2-3H3. The molecule has 0 fully saturated rings. The Hall–Kier alpha value is -2.45. The summed E-state index contributed by atoms with van der Waals surface area (Å²) < 4.78 is 14.7. The van der Waals surface area contributed by atoms with Crippen LogP contribution < -0.4 is 5.56 Å². The minimum atomic E-state index is -0.304. The Morgan fingerprint density at radius 3 is 2.65 bits per heavy atom. The van der Waals surface area contributed by atoms with Crippen LogP contribution in [0.3, 0.4) is 0 Å². The number of halogens is 1. The van der Waals surface area contributed by atoms with Crippen molar-refractivity contribution in [2.24, 2.45) is 0 Å². The molecule has 3 nitrogen and oxygen atoms in total. The average molecular weight is 326 g/mol. The zero-order valence-corrected chi connectivity index (χ0v) is 13.7. The maximum Gasteiger partial charge on any atom is 0.263 e. The van der Waals surface area contributed by atoms with Crippen LogP contribution in [0, 0.1) is 25.1 Å². The Morgan fingerprint density at radius 2 is 2.04 bits per heavy atom. The van der Waals surface area contributed by atoms with E-state index in [2.05, 4.69) is 10.9 Å². The van der Waals surface area contributed by atoms with Gasteiger partial charge in [-0.1, -0.05) is 25.0 Å². The van der Waals surface area contributed by atoms with Crippen molar-refractivity contribution < 1.29 is 4.39 Å². The molecule has 0 atom stereocenters. The lowest BCUT2D eigenvalue weighted by atomic mass is 10.0. The van der Waals surface area contributed by atoms with Gasteiger partial charge in [-0.2, -0.15) is 0 Å². The van der Waals surface area contributed by atoms with Crippen molar-refractivity contribution in [1.29, 1.82) is 0 Å². The molecule has 3 rings (SSSR count). The molecule has 23 heavy (non-hydrogen) atoms. The summed E-state index contributed by atoms with van der Waals surface area (Å²) in [6, 6.07) is 6.16. The van der Waals surface area contributed by atoms with Crippen LogP contribution >= 0.6 is 11.3 Å². The van der Waals surface area contributed by atoms with Gasteiger partial charge in [-0.3, -0.25) is 9.36 Å². The molecule has 0 radical (unpaired) electrons. The van der Waals surface area contributed by atoms with E-state index in [1.807, 2.05) is 13.8 Å². The van der Waals surface area contributed by atoms with E-state index in [-0.39, 0.29) is 17.9 Å². The number of thiophene rings is 1. The molecular formula is C18H15FN2OS. The largest absolute Gasteiger partial charge is 0.284 e. The Morgan fingerprint density at radius 1 is 1.35 bits per heavy atom. The van der Waals surface area contributed by atoms with Gasteiger partial charge in [0.1, 0.15) is 16.5 Å². The highest BCUT2D eigenvalue weighted by Crippen LogP contribution is 2.35. The summed E-state index contributed by atoms with van der Waals surface area (Å²) in [7, 11) is 0. The summed E-state index contributed by atoms with van der Waals surface area (Å²) in [6.45, 7) is 4.09. The fraction of sp³-hybridized carbons (Fsp3) is 0.222. The highest BCUT2D eigenvalue weighted by atomic mass is 32.1. The predicted octanol–water partition coefficient (Wildman–Crippen LogP) is 3.77. The van der Waals surface area contributed by atoms with E-state index in [9.17, 15) is 9.18 Å². The highest BCUT2D eigenvalue weighted by Gasteiger charge is 2.18. The van der Waals surface area contributed by atoms with E-state index in [0.717, 1.165) is 16.0 Å². The lowest BCUT2D eigenvalue weighted by molar-refractivity contribution is 0.628. The van der Waals surface area contributed by atoms with Crippen molar-refractivity contribution in [3.8, 4) is 23.5 Å². The van der Waals surface area contributed by atoms with E-state index in [4.69, 9.17) is 6.42 Å². The fourth-order valence-electron chi connectivity index (χ4n) is 2.73. The van der Waals surface area contributed by atoms with E-state index >= 15 is 0 Å². The maximum absolute atomic E-state index is 13.2. The number of hydrogen-bond acceptors (Lipinski definition) is 3.